The summed E-state index contributed by atoms with van der Waals surface area (Å²) < 4.78 is 0. The lowest BCUT2D eigenvalue weighted by atomic mass is 9.96. The number of hydrogen-bond acceptors (Lipinski definition) is 4. The van der Waals surface area contributed by atoms with E-state index in [-0.39, 0.29) is 6.61 Å². The molecule has 4 nitrogen and oxygen atoms in total. The first kappa shape index (κ1) is 12.9. The Hall–Kier alpha value is -1.13. The van der Waals surface area contributed by atoms with Gasteiger partial charge in [0, 0.05) is 48.8 Å². The van der Waals surface area contributed by atoms with Crippen molar-refractivity contribution in [2.45, 2.75) is 44.9 Å². The fraction of sp³-hybridized carbons (Fsp3) is 0.667. The Morgan fingerprint density at radius 2 is 2.26 bits per heavy atom. The van der Waals surface area contributed by atoms with Gasteiger partial charge in [0.05, 0.1) is 6.61 Å². The predicted octanol–water partition coefficient (Wildman–Crippen LogP) is 1.64. The van der Waals surface area contributed by atoms with Crippen LogP contribution in [0.15, 0.2) is 18.5 Å². The van der Waals surface area contributed by atoms with Crippen molar-refractivity contribution in [2.24, 2.45) is 0 Å². The van der Waals surface area contributed by atoms with Gasteiger partial charge >= 0.3 is 0 Å². The van der Waals surface area contributed by atoms with Gasteiger partial charge in [-0.1, -0.05) is 6.42 Å². The van der Waals surface area contributed by atoms with Crippen molar-refractivity contribution in [1.29, 1.82) is 0 Å². The summed E-state index contributed by atoms with van der Waals surface area (Å²) >= 11 is 0. The zero-order valence-corrected chi connectivity index (χ0v) is 11.6. The van der Waals surface area contributed by atoms with Crippen LogP contribution in [0.3, 0.4) is 0 Å². The Morgan fingerprint density at radius 3 is 3.11 bits per heavy atom. The molecule has 2 unspecified atom stereocenters. The molecule has 104 valence electrons. The highest BCUT2D eigenvalue weighted by molar-refractivity contribution is 5.53. The van der Waals surface area contributed by atoms with Crippen molar-refractivity contribution in [3.8, 4) is 0 Å². The monoisotopic (exact) mass is 261 g/mol. The quantitative estimate of drug-likeness (QED) is 0.878. The van der Waals surface area contributed by atoms with Gasteiger partial charge < -0.3 is 10.0 Å². The molecular formula is C15H23N3O. The fourth-order valence-electron chi connectivity index (χ4n) is 3.51. The SMILES string of the molecule is CC1CN2CCCCC2CN1c1ccncc1CO. The van der Waals surface area contributed by atoms with Crippen molar-refractivity contribution < 1.29 is 5.11 Å². The largest absolute Gasteiger partial charge is 0.392 e. The number of aliphatic hydroxyl groups is 1. The lowest BCUT2D eigenvalue weighted by Crippen LogP contribution is -2.59. The standard InChI is InChI=1S/C15H23N3O/c1-12-9-17-7-3-2-4-14(17)10-18(12)15-5-6-16-8-13(15)11-19/h5-6,8,12,14,19H,2-4,7,9-11H2,1H3. The van der Waals surface area contributed by atoms with Gasteiger partial charge in [-0.15, -0.1) is 0 Å². The average Bonchev–Trinajstić information content (AvgIpc) is 2.46. The van der Waals surface area contributed by atoms with E-state index in [1.54, 1.807) is 6.20 Å². The van der Waals surface area contributed by atoms with E-state index in [4.69, 9.17) is 0 Å². The average molecular weight is 261 g/mol. The van der Waals surface area contributed by atoms with Crippen molar-refractivity contribution in [3.05, 3.63) is 24.0 Å². The minimum absolute atomic E-state index is 0.0702. The number of hydrogen-bond donors (Lipinski definition) is 1. The van der Waals surface area contributed by atoms with E-state index in [0.29, 0.717) is 12.1 Å². The summed E-state index contributed by atoms with van der Waals surface area (Å²) in [6, 6.07) is 3.23. The molecule has 4 heteroatoms. The third-order valence-electron chi connectivity index (χ3n) is 4.54. The first-order valence-corrected chi connectivity index (χ1v) is 7.34. The topological polar surface area (TPSA) is 39.6 Å². The van der Waals surface area contributed by atoms with Crippen molar-refractivity contribution in [1.82, 2.24) is 9.88 Å². The maximum atomic E-state index is 9.49. The highest BCUT2D eigenvalue weighted by Crippen LogP contribution is 2.29. The second-order valence-electron chi connectivity index (χ2n) is 5.81. The van der Waals surface area contributed by atoms with E-state index >= 15 is 0 Å². The summed E-state index contributed by atoms with van der Waals surface area (Å²) in [6.07, 6.45) is 7.62. The third kappa shape index (κ3) is 2.47. The zero-order valence-electron chi connectivity index (χ0n) is 11.6. The number of aliphatic hydroxyl groups excluding tert-OH is 1. The van der Waals surface area contributed by atoms with Gasteiger partial charge in [-0.05, 0) is 32.4 Å². The smallest absolute Gasteiger partial charge is 0.0717 e. The number of pyridine rings is 1. The number of rotatable bonds is 2. The fourth-order valence-corrected chi connectivity index (χ4v) is 3.51. The highest BCUT2D eigenvalue weighted by atomic mass is 16.3. The van der Waals surface area contributed by atoms with E-state index in [9.17, 15) is 5.11 Å². The molecule has 0 aliphatic carbocycles. The molecular weight excluding hydrogens is 238 g/mol. The molecule has 0 saturated carbocycles. The van der Waals surface area contributed by atoms with Crippen LogP contribution >= 0.6 is 0 Å². The summed E-state index contributed by atoms with van der Waals surface area (Å²) in [7, 11) is 0. The van der Waals surface area contributed by atoms with Crippen molar-refractivity contribution in [3.63, 3.8) is 0 Å². The predicted molar refractivity (Wildman–Crippen MR) is 76.2 cm³/mol. The van der Waals surface area contributed by atoms with Gasteiger partial charge in [0.15, 0.2) is 0 Å². The minimum Gasteiger partial charge on any atom is -0.392 e. The van der Waals surface area contributed by atoms with Gasteiger partial charge in [-0.3, -0.25) is 9.88 Å². The molecule has 0 aromatic carbocycles. The van der Waals surface area contributed by atoms with Crippen molar-refractivity contribution in [2.75, 3.05) is 24.5 Å². The van der Waals surface area contributed by atoms with Gasteiger partial charge in [-0.25, -0.2) is 0 Å². The molecule has 0 spiro atoms. The number of piperazine rings is 1. The van der Waals surface area contributed by atoms with Crippen LogP contribution in [0.5, 0.6) is 0 Å². The third-order valence-corrected chi connectivity index (χ3v) is 4.54. The summed E-state index contributed by atoms with van der Waals surface area (Å²) in [5.74, 6) is 0. The Kier molecular flexibility index (Phi) is 3.71. The first-order chi connectivity index (χ1) is 9.29. The summed E-state index contributed by atoms with van der Waals surface area (Å²) in [5, 5.41) is 9.49. The summed E-state index contributed by atoms with van der Waals surface area (Å²) in [4.78, 5) is 9.22. The van der Waals surface area contributed by atoms with Crippen LogP contribution in [0.2, 0.25) is 0 Å². The Morgan fingerprint density at radius 1 is 1.37 bits per heavy atom. The molecule has 2 fully saturated rings. The van der Waals surface area contributed by atoms with Crippen LogP contribution in [-0.2, 0) is 6.61 Å². The summed E-state index contributed by atoms with van der Waals surface area (Å²) in [6.45, 7) is 5.83. The molecule has 0 radical (unpaired) electrons. The number of anilines is 1. The summed E-state index contributed by atoms with van der Waals surface area (Å²) in [5.41, 5.74) is 2.11. The molecule has 2 aliphatic heterocycles. The molecule has 19 heavy (non-hydrogen) atoms. The van der Waals surface area contributed by atoms with E-state index in [0.717, 1.165) is 24.3 Å². The normalized spacial score (nSPS) is 28.2. The Balaban J connectivity index is 1.83. The Labute approximate surface area is 115 Å². The second kappa shape index (κ2) is 5.47. The second-order valence-corrected chi connectivity index (χ2v) is 5.81. The zero-order chi connectivity index (χ0) is 13.2. The number of piperidine rings is 1. The maximum Gasteiger partial charge on any atom is 0.0717 e. The van der Waals surface area contributed by atoms with Gasteiger partial charge in [0.2, 0.25) is 0 Å². The van der Waals surface area contributed by atoms with E-state index in [1.165, 1.54) is 25.8 Å². The van der Waals surface area contributed by atoms with E-state index in [1.807, 2.05) is 12.3 Å². The van der Waals surface area contributed by atoms with Crippen LogP contribution in [0.25, 0.3) is 0 Å². The first-order valence-electron chi connectivity index (χ1n) is 7.34. The van der Waals surface area contributed by atoms with Gasteiger partial charge in [0.1, 0.15) is 0 Å². The Bertz CT molecular complexity index is 437. The lowest BCUT2D eigenvalue weighted by molar-refractivity contribution is 0.115. The molecule has 3 rings (SSSR count). The number of fused-ring (bicyclic) bond motifs is 1. The maximum absolute atomic E-state index is 9.49. The molecule has 1 aromatic heterocycles. The molecule has 0 amide bonds. The van der Waals surface area contributed by atoms with Crippen LogP contribution < -0.4 is 4.90 Å². The van der Waals surface area contributed by atoms with Crippen molar-refractivity contribution >= 4 is 5.69 Å². The molecule has 2 saturated heterocycles. The molecule has 2 atom stereocenters. The molecule has 1 aromatic rings. The van der Waals surface area contributed by atoms with E-state index < -0.39 is 0 Å². The van der Waals surface area contributed by atoms with Crippen LogP contribution in [0.1, 0.15) is 31.7 Å². The molecule has 2 aliphatic rings. The highest BCUT2D eigenvalue weighted by Gasteiger charge is 2.33. The van der Waals surface area contributed by atoms with Gasteiger partial charge in [0.25, 0.3) is 0 Å². The van der Waals surface area contributed by atoms with Crippen LogP contribution in [0.4, 0.5) is 5.69 Å². The van der Waals surface area contributed by atoms with Crippen LogP contribution in [-0.4, -0.2) is 46.7 Å². The number of aromatic nitrogens is 1. The van der Waals surface area contributed by atoms with Crippen LogP contribution in [0, 0.1) is 0 Å². The minimum atomic E-state index is 0.0702. The lowest BCUT2D eigenvalue weighted by Gasteiger charge is -2.48. The van der Waals surface area contributed by atoms with Gasteiger partial charge in [-0.2, -0.15) is 0 Å². The molecule has 3 heterocycles. The molecule has 1 N–H and O–H groups in total. The van der Waals surface area contributed by atoms with E-state index in [2.05, 4.69) is 21.7 Å². The molecule has 0 bridgehead atoms. The number of nitrogens with zero attached hydrogens (tertiary/aromatic N) is 3.